The van der Waals surface area contributed by atoms with Gasteiger partial charge in [0.05, 0.1) is 13.2 Å². The largest absolute Gasteiger partial charge is 0.444 e. The topological polar surface area (TPSA) is 144 Å². The molecule has 1 unspecified atom stereocenters. The van der Waals surface area contributed by atoms with E-state index in [1.807, 2.05) is 77.1 Å². The molecule has 0 radical (unpaired) electrons. The predicted octanol–water partition coefficient (Wildman–Crippen LogP) is 5.24. The second kappa shape index (κ2) is 17.1. The Hall–Kier alpha value is -4.71. The summed E-state index contributed by atoms with van der Waals surface area (Å²) in [6, 6.07) is 17.2. The Labute approximate surface area is 289 Å². The van der Waals surface area contributed by atoms with Crippen LogP contribution in [0.15, 0.2) is 66.9 Å². The molecule has 0 spiro atoms. The summed E-state index contributed by atoms with van der Waals surface area (Å²) in [4.78, 5) is 60.1. The molecular formula is C37H52N6O6. The lowest BCUT2D eigenvalue weighted by molar-refractivity contribution is -0.132. The maximum absolute atomic E-state index is 13.8. The Morgan fingerprint density at radius 1 is 0.918 bits per heavy atom. The molecule has 49 heavy (non-hydrogen) atoms. The molecule has 12 nitrogen and oxygen atoms in total. The third-order valence-corrected chi connectivity index (χ3v) is 7.82. The van der Waals surface area contributed by atoms with Gasteiger partial charge in [0.15, 0.2) is 5.82 Å². The summed E-state index contributed by atoms with van der Waals surface area (Å²) in [7, 11) is 0. The van der Waals surface area contributed by atoms with Gasteiger partial charge in [0.1, 0.15) is 29.0 Å². The number of nitrogens with one attached hydrogen (secondary N) is 3. The lowest BCUT2D eigenvalue weighted by Gasteiger charge is -2.29. The molecule has 266 valence electrons. The van der Waals surface area contributed by atoms with Gasteiger partial charge in [0, 0.05) is 25.7 Å². The van der Waals surface area contributed by atoms with Crippen LogP contribution in [0.4, 0.5) is 10.6 Å². The van der Waals surface area contributed by atoms with Crippen LogP contribution in [0.3, 0.4) is 0 Å². The Bertz CT molecular complexity index is 1540. The molecule has 3 N–H and O–H groups in total. The number of ether oxygens (including phenoxy) is 2. The molecule has 0 bridgehead atoms. The number of nitrogens with zero attached hydrogens (tertiary/aromatic N) is 3. The average Bonchev–Trinajstić information content (AvgIpc) is 3.71. The molecule has 2 atom stereocenters. The third kappa shape index (κ3) is 10.9. The van der Waals surface area contributed by atoms with Crippen LogP contribution in [0, 0.1) is 0 Å². The number of benzene rings is 2. The van der Waals surface area contributed by atoms with Crippen molar-refractivity contribution in [1.82, 2.24) is 25.1 Å². The van der Waals surface area contributed by atoms with Gasteiger partial charge in [-0.1, -0.05) is 75.0 Å². The van der Waals surface area contributed by atoms with E-state index in [1.165, 1.54) is 13.8 Å². The van der Waals surface area contributed by atoms with Crippen molar-refractivity contribution in [3.05, 3.63) is 83.8 Å². The fraction of sp³-hybridized carbons (Fsp3) is 0.486. The van der Waals surface area contributed by atoms with Crippen molar-refractivity contribution >= 4 is 29.6 Å². The zero-order chi connectivity index (χ0) is 34.9. The van der Waals surface area contributed by atoms with E-state index in [4.69, 9.17) is 9.47 Å². The summed E-state index contributed by atoms with van der Waals surface area (Å²) < 4.78 is 13.0. The summed E-state index contributed by atoms with van der Waals surface area (Å²) in [5.74, 6) is -0.352. The summed E-state index contributed by atoms with van der Waals surface area (Å²) in [5.41, 5.74) is -0.464. The van der Waals surface area contributed by atoms with Gasteiger partial charge in [-0.05, 0) is 58.6 Å². The van der Waals surface area contributed by atoms with E-state index in [2.05, 4.69) is 20.9 Å². The van der Waals surface area contributed by atoms with Crippen LogP contribution in [0.5, 0.6) is 0 Å². The Kier molecular flexibility index (Phi) is 13.5. The lowest BCUT2D eigenvalue weighted by atomic mass is 10.0. The van der Waals surface area contributed by atoms with Gasteiger partial charge in [-0.15, -0.1) is 0 Å². The number of hydrogen-bond donors (Lipinski definition) is 3. The molecule has 0 aliphatic carbocycles. The number of carbonyl (C=O) groups is 4. The molecule has 2 aromatic carbocycles. The monoisotopic (exact) mass is 676 g/mol. The van der Waals surface area contributed by atoms with E-state index in [1.54, 1.807) is 27.0 Å². The van der Waals surface area contributed by atoms with Gasteiger partial charge < -0.3 is 34.9 Å². The van der Waals surface area contributed by atoms with Gasteiger partial charge >= 0.3 is 6.09 Å². The Morgan fingerprint density at radius 2 is 1.53 bits per heavy atom. The van der Waals surface area contributed by atoms with Gasteiger partial charge in [-0.25, -0.2) is 9.78 Å². The molecule has 0 saturated carbocycles. The summed E-state index contributed by atoms with van der Waals surface area (Å²) in [6.07, 6.45) is 3.33. The van der Waals surface area contributed by atoms with Crippen LogP contribution < -0.4 is 16.0 Å². The van der Waals surface area contributed by atoms with Gasteiger partial charge in [-0.3, -0.25) is 14.4 Å². The molecule has 1 fully saturated rings. The lowest BCUT2D eigenvalue weighted by Crippen LogP contribution is -2.59. The number of aromatic nitrogens is 2. The Balaban J connectivity index is 0.00000650. The zero-order valence-electron chi connectivity index (χ0n) is 28.7. The van der Waals surface area contributed by atoms with Crippen molar-refractivity contribution in [2.24, 2.45) is 0 Å². The van der Waals surface area contributed by atoms with Crippen molar-refractivity contribution in [1.29, 1.82) is 0 Å². The maximum atomic E-state index is 13.8. The predicted molar refractivity (Wildman–Crippen MR) is 189 cm³/mol. The number of hydrogen-bond acceptors (Lipinski definition) is 7. The first-order valence-electron chi connectivity index (χ1n) is 16.4. The number of amides is 4. The smallest absolute Gasteiger partial charge is 0.408 e. The van der Waals surface area contributed by atoms with E-state index < -0.39 is 41.1 Å². The highest BCUT2D eigenvalue weighted by Gasteiger charge is 2.35. The first-order valence-corrected chi connectivity index (χ1v) is 16.4. The molecule has 4 rings (SSSR count). The minimum atomic E-state index is -1.42. The molecule has 1 aliphatic rings. The summed E-state index contributed by atoms with van der Waals surface area (Å²) >= 11 is 0. The van der Waals surface area contributed by atoms with Gasteiger partial charge in [0.2, 0.25) is 11.8 Å². The molecule has 1 aromatic heterocycles. The third-order valence-electron chi connectivity index (χ3n) is 7.82. The van der Waals surface area contributed by atoms with Crippen molar-refractivity contribution in [2.75, 3.05) is 25.0 Å². The Morgan fingerprint density at radius 3 is 2.12 bits per heavy atom. The quantitative estimate of drug-likeness (QED) is 0.225. The van der Waals surface area contributed by atoms with Crippen molar-refractivity contribution < 1.29 is 28.7 Å². The van der Waals surface area contributed by atoms with Gasteiger partial charge in [-0.2, -0.15) is 0 Å². The second-order valence-corrected chi connectivity index (χ2v) is 13.4. The summed E-state index contributed by atoms with van der Waals surface area (Å²) in [6.45, 7) is 11.6. The maximum Gasteiger partial charge on any atom is 0.408 e. The van der Waals surface area contributed by atoms with E-state index in [-0.39, 0.29) is 32.4 Å². The minimum absolute atomic E-state index is 0. The number of anilines is 1. The number of carbonyl (C=O) groups excluding carboxylic acids is 4. The van der Waals surface area contributed by atoms with Crippen LogP contribution in [0.25, 0.3) is 0 Å². The van der Waals surface area contributed by atoms with Crippen molar-refractivity contribution in [2.45, 2.75) is 98.1 Å². The molecular weight excluding hydrogens is 624 g/mol. The standard InChI is InChI=1S/C36H48N6O6.CH4/c1-7-29-38-28(22-42(29)30(26-18-12-9-13-19-26)32(44)41-20-14-15-21-41)39-31(43)27(24-47-23-25-16-10-8-11-17-25)37-33(45)36(5,6)40-34(46)48-35(2,3)4;/h8-13,16-19,22,27,30H,7,14-15,20-21,23-24H2,1-6H3,(H,37,45)(H,39,43)(H,40,46);1H4/t27-,30?;/m1./s1. The van der Waals surface area contributed by atoms with Crippen LogP contribution in [-0.2, 0) is 36.9 Å². The minimum Gasteiger partial charge on any atom is -0.444 e. The molecule has 3 aromatic rings. The highest BCUT2D eigenvalue weighted by molar-refractivity contribution is 5.98. The number of likely N-dealkylation sites (tertiary alicyclic amines) is 1. The molecule has 1 aliphatic heterocycles. The number of imidazole rings is 1. The van der Waals surface area contributed by atoms with Crippen LogP contribution in [0.2, 0.25) is 0 Å². The van der Waals surface area contributed by atoms with Crippen LogP contribution in [-0.4, -0.2) is 75.1 Å². The van der Waals surface area contributed by atoms with Gasteiger partial charge in [0.25, 0.3) is 5.91 Å². The van der Waals surface area contributed by atoms with Crippen LogP contribution in [0.1, 0.15) is 84.8 Å². The van der Waals surface area contributed by atoms with Crippen LogP contribution >= 0.6 is 0 Å². The van der Waals surface area contributed by atoms with Crippen molar-refractivity contribution in [3.8, 4) is 0 Å². The fourth-order valence-electron chi connectivity index (χ4n) is 5.36. The number of rotatable bonds is 13. The first kappa shape index (κ1) is 38.7. The van der Waals surface area contributed by atoms with E-state index >= 15 is 0 Å². The van der Waals surface area contributed by atoms with Crippen molar-refractivity contribution in [3.63, 3.8) is 0 Å². The second-order valence-electron chi connectivity index (χ2n) is 13.4. The SMILES string of the molecule is C.CCc1nc(NC(=O)[C@@H](COCc2ccccc2)NC(=O)C(C)(C)NC(=O)OC(C)(C)C)cn1C(C(=O)N1CCCC1)c1ccccc1. The van der Waals surface area contributed by atoms with E-state index in [0.29, 0.717) is 25.3 Å². The zero-order valence-corrected chi connectivity index (χ0v) is 28.7. The fourth-order valence-corrected chi connectivity index (χ4v) is 5.36. The molecule has 2 heterocycles. The highest BCUT2D eigenvalue weighted by atomic mass is 16.6. The highest BCUT2D eigenvalue weighted by Crippen LogP contribution is 2.27. The number of aryl methyl sites for hydroxylation is 1. The van der Waals surface area contributed by atoms with E-state index in [0.717, 1.165) is 24.0 Å². The molecule has 4 amide bonds. The average molecular weight is 677 g/mol. The molecule has 12 heteroatoms. The summed E-state index contributed by atoms with van der Waals surface area (Å²) in [5, 5.41) is 8.13. The van der Waals surface area contributed by atoms with E-state index in [9.17, 15) is 19.2 Å². The first-order chi connectivity index (χ1) is 22.8. The normalized spacial score (nSPS) is 14.3. The molecule has 1 saturated heterocycles. The number of alkyl carbamates (subject to hydrolysis) is 1.